The number of halogens is 1. The molecule has 2 aliphatic heterocycles. The molecule has 80 valence electrons. The molecule has 1 saturated heterocycles. The van der Waals surface area contributed by atoms with Crippen LogP contribution in [0.1, 0.15) is 17.9 Å². The van der Waals surface area contributed by atoms with Gasteiger partial charge in [0, 0.05) is 18.5 Å². The number of fused-ring (bicyclic) bond motifs is 3. The average Bonchev–Trinajstić information content (AvgIpc) is 2.61. The van der Waals surface area contributed by atoms with E-state index in [0.29, 0.717) is 18.4 Å². The minimum absolute atomic E-state index is 0.210. The van der Waals surface area contributed by atoms with Gasteiger partial charge in [0.15, 0.2) is 0 Å². The molecule has 2 heterocycles. The third-order valence-electron chi connectivity index (χ3n) is 3.46. The van der Waals surface area contributed by atoms with E-state index in [1.165, 1.54) is 17.7 Å². The second-order valence-electron chi connectivity index (χ2n) is 4.34. The first-order chi connectivity index (χ1) is 7.34. The first-order valence-corrected chi connectivity index (χ1v) is 5.47. The second kappa shape index (κ2) is 3.49. The minimum atomic E-state index is -0.210. The Bertz CT molecular complexity index is 380. The van der Waals surface area contributed by atoms with Crippen molar-refractivity contribution < 1.29 is 9.13 Å². The molecule has 1 aromatic carbocycles. The van der Waals surface area contributed by atoms with Crippen LogP contribution in [0, 0.1) is 11.7 Å². The maximum Gasteiger partial charge on any atom is 0.126 e. The fourth-order valence-corrected chi connectivity index (χ4v) is 2.66. The molecular formula is C12H14FNO. The minimum Gasteiger partial charge on any atom is -0.493 e. The van der Waals surface area contributed by atoms with Crippen LogP contribution in [0.25, 0.3) is 0 Å². The first kappa shape index (κ1) is 9.16. The zero-order valence-electron chi connectivity index (χ0n) is 8.50. The molecule has 0 saturated carbocycles. The zero-order valence-corrected chi connectivity index (χ0v) is 8.50. The Morgan fingerprint density at radius 1 is 1.33 bits per heavy atom. The van der Waals surface area contributed by atoms with Gasteiger partial charge in [-0.25, -0.2) is 4.39 Å². The highest BCUT2D eigenvalue weighted by Gasteiger charge is 2.32. The highest BCUT2D eigenvalue weighted by molar-refractivity contribution is 5.39. The summed E-state index contributed by atoms with van der Waals surface area (Å²) < 4.78 is 18.7. The molecule has 2 unspecified atom stereocenters. The lowest BCUT2D eigenvalue weighted by Crippen LogP contribution is -2.11. The van der Waals surface area contributed by atoms with Gasteiger partial charge in [0.2, 0.25) is 0 Å². The van der Waals surface area contributed by atoms with E-state index in [0.717, 1.165) is 25.3 Å². The average molecular weight is 207 g/mol. The summed E-state index contributed by atoms with van der Waals surface area (Å²) in [5.74, 6) is 1.68. The van der Waals surface area contributed by atoms with Crippen molar-refractivity contribution in [3.63, 3.8) is 0 Å². The zero-order chi connectivity index (χ0) is 10.3. The van der Waals surface area contributed by atoms with Crippen LogP contribution in [-0.4, -0.2) is 19.7 Å². The Morgan fingerprint density at radius 2 is 2.27 bits per heavy atom. The standard InChI is InChI=1S/C12H14FNO/c13-9-1-2-10-11-7-14-6-8(11)3-4-15-12(10)5-9/h1-2,5,8,11,14H,3-4,6-7H2. The maximum atomic E-state index is 13.1. The van der Waals surface area contributed by atoms with Crippen molar-refractivity contribution >= 4 is 0 Å². The van der Waals surface area contributed by atoms with Gasteiger partial charge >= 0.3 is 0 Å². The summed E-state index contributed by atoms with van der Waals surface area (Å²) in [5.41, 5.74) is 1.17. The number of benzene rings is 1. The second-order valence-corrected chi connectivity index (χ2v) is 4.34. The van der Waals surface area contributed by atoms with Crippen LogP contribution in [0.4, 0.5) is 4.39 Å². The van der Waals surface area contributed by atoms with Gasteiger partial charge < -0.3 is 10.1 Å². The van der Waals surface area contributed by atoms with E-state index in [1.807, 2.05) is 6.07 Å². The molecule has 15 heavy (non-hydrogen) atoms. The van der Waals surface area contributed by atoms with E-state index < -0.39 is 0 Å². The maximum absolute atomic E-state index is 13.1. The fourth-order valence-electron chi connectivity index (χ4n) is 2.66. The topological polar surface area (TPSA) is 21.3 Å². The molecule has 0 aliphatic carbocycles. The molecule has 0 aromatic heterocycles. The predicted molar refractivity (Wildman–Crippen MR) is 55.6 cm³/mol. The molecule has 0 radical (unpaired) electrons. The first-order valence-electron chi connectivity index (χ1n) is 5.47. The van der Waals surface area contributed by atoms with Crippen LogP contribution < -0.4 is 10.1 Å². The van der Waals surface area contributed by atoms with Crippen LogP contribution in [0.2, 0.25) is 0 Å². The number of ether oxygens (including phenoxy) is 1. The Kier molecular flexibility index (Phi) is 2.13. The summed E-state index contributed by atoms with van der Waals surface area (Å²) in [5, 5.41) is 3.40. The molecule has 2 nitrogen and oxygen atoms in total. The van der Waals surface area contributed by atoms with Gasteiger partial charge in [-0.05, 0) is 30.5 Å². The van der Waals surface area contributed by atoms with E-state index in [-0.39, 0.29) is 5.82 Å². The van der Waals surface area contributed by atoms with Crippen LogP contribution in [0.5, 0.6) is 5.75 Å². The quantitative estimate of drug-likeness (QED) is 0.701. The fraction of sp³-hybridized carbons (Fsp3) is 0.500. The van der Waals surface area contributed by atoms with Crippen LogP contribution >= 0.6 is 0 Å². The third kappa shape index (κ3) is 1.51. The summed E-state index contributed by atoms with van der Waals surface area (Å²) in [6.07, 6.45) is 1.06. The highest BCUT2D eigenvalue weighted by atomic mass is 19.1. The smallest absolute Gasteiger partial charge is 0.126 e. The molecule has 0 spiro atoms. The molecule has 1 fully saturated rings. The van der Waals surface area contributed by atoms with Gasteiger partial charge in [0.25, 0.3) is 0 Å². The van der Waals surface area contributed by atoms with E-state index >= 15 is 0 Å². The molecule has 1 N–H and O–H groups in total. The number of rotatable bonds is 0. The lowest BCUT2D eigenvalue weighted by Gasteiger charge is -2.15. The SMILES string of the molecule is Fc1ccc2c(c1)OCCC1CNCC21. The van der Waals surface area contributed by atoms with Crippen molar-refractivity contribution in [1.29, 1.82) is 0 Å². The Hall–Kier alpha value is -1.09. The predicted octanol–water partition coefficient (Wildman–Crippen LogP) is 1.91. The number of hydrogen-bond acceptors (Lipinski definition) is 2. The van der Waals surface area contributed by atoms with Crippen molar-refractivity contribution in [3.05, 3.63) is 29.6 Å². The highest BCUT2D eigenvalue weighted by Crippen LogP contribution is 2.38. The van der Waals surface area contributed by atoms with E-state index in [2.05, 4.69) is 5.32 Å². The molecule has 0 amide bonds. The van der Waals surface area contributed by atoms with Gasteiger partial charge in [-0.15, -0.1) is 0 Å². The monoisotopic (exact) mass is 207 g/mol. The third-order valence-corrected chi connectivity index (χ3v) is 3.46. The molecular weight excluding hydrogens is 193 g/mol. The van der Waals surface area contributed by atoms with Crippen LogP contribution in [0.15, 0.2) is 18.2 Å². The lowest BCUT2D eigenvalue weighted by molar-refractivity contribution is 0.295. The van der Waals surface area contributed by atoms with Gasteiger partial charge in [0.05, 0.1) is 6.61 Å². The van der Waals surface area contributed by atoms with Crippen molar-refractivity contribution in [3.8, 4) is 5.75 Å². The van der Waals surface area contributed by atoms with Crippen LogP contribution in [0.3, 0.4) is 0 Å². The van der Waals surface area contributed by atoms with E-state index in [9.17, 15) is 4.39 Å². The molecule has 2 aliphatic rings. The largest absolute Gasteiger partial charge is 0.493 e. The van der Waals surface area contributed by atoms with Gasteiger partial charge in [-0.2, -0.15) is 0 Å². The Balaban J connectivity index is 2.05. The van der Waals surface area contributed by atoms with E-state index in [4.69, 9.17) is 4.74 Å². The Labute approximate surface area is 88.4 Å². The molecule has 0 bridgehead atoms. The molecule has 2 atom stereocenters. The molecule has 1 aromatic rings. The van der Waals surface area contributed by atoms with Gasteiger partial charge in [-0.3, -0.25) is 0 Å². The van der Waals surface area contributed by atoms with Gasteiger partial charge in [0.1, 0.15) is 11.6 Å². The number of nitrogens with one attached hydrogen (secondary N) is 1. The summed E-state index contributed by atoms with van der Waals surface area (Å²) >= 11 is 0. The van der Waals surface area contributed by atoms with Crippen molar-refractivity contribution in [2.45, 2.75) is 12.3 Å². The summed E-state index contributed by atoms with van der Waals surface area (Å²) in [7, 11) is 0. The number of hydrogen-bond donors (Lipinski definition) is 1. The summed E-state index contributed by atoms with van der Waals surface area (Å²) in [6, 6.07) is 4.92. The van der Waals surface area contributed by atoms with Crippen molar-refractivity contribution in [1.82, 2.24) is 5.32 Å². The Morgan fingerprint density at radius 3 is 3.20 bits per heavy atom. The molecule has 3 heteroatoms. The molecule has 3 rings (SSSR count). The van der Waals surface area contributed by atoms with Crippen molar-refractivity contribution in [2.24, 2.45) is 5.92 Å². The van der Waals surface area contributed by atoms with Crippen molar-refractivity contribution in [2.75, 3.05) is 19.7 Å². The van der Waals surface area contributed by atoms with Gasteiger partial charge in [-0.1, -0.05) is 6.07 Å². The lowest BCUT2D eigenvalue weighted by atomic mass is 9.87. The van der Waals surface area contributed by atoms with Crippen LogP contribution in [-0.2, 0) is 0 Å². The van der Waals surface area contributed by atoms with E-state index in [1.54, 1.807) is 0 Å². The summed E-state index contributed by atoms with van der Waals surface area (Å²) in [6.45, 7) is 2.76. The normalized spacial score (nSPS) is 28.9. The summed E-state index contributed by atoms with van der Waals surface area (Å²) in [4.78, 5) is 0.